The van der Waals surface area contributed by atoms with E-state index in [9.17, 15) is 0 Å². The zero-order valence-corrected chi connectivity index (χ0v) is 7.51. The molecule has 2 nitrogen and oxygen atoms in total. The number of allylic oxidation sites excluding steroid dienone is 3. The van der Waals surface area contributed by atoms with Crippen molar-refractivity contribution in [1.82, 2.24) is 10.6 Å². The fraction of sp³-hybridized carbons (Fsp3) is 0.400. The summed E-state index contributed by atoms with van der Waals surface area (Å²) in [7, 11) is 0. The number of hydrogen-bond acceptors (Lipinski definition) is 2. The second kappa shape index (κ2) is 4.65. The zero-order valence-electron chi connectivity index (χ0n) is 7.51. The fourth-order valence-corrected chi connectivity index (χ4v) is 1.05. The van der Waals surface area contributed by atoms with Gasteiger partial charge in [-0.3, -0.25) is 0 Å². The lowest BCUT2D eigenvalue weighted by molar-refractivity contribution is 0.644. The standard InChI is InChI=1S/C10H16N2/c1-9(2)12-8-10-6-4-3-5-7-11-10/h4-7,10-12H,1,3,8H2,2H3/t10-/m1/s1. The van der Waals surface area contributed by atoms with Crippen LogP contribution in [-0.2, 0) is 0 Å². The van der Waals surface area contributed by atoms with Crippen LogP contribution < -0.4 is 10.6 Å². The maximum absolute atomic E-state index is 3.78. The molecule has 0 aromatic carbocycles. The molecule has 12 heavy (non-hydrogen) atoms. The molecule has 0 radical (unpaired) electrons. The average molecular weight is 164 g/mol. The van der Waals surface area contributed by atoms with E-state index in [0.29, 0.717) is 6.04 Å². The monoisotopic (exact) mass is 164 g/mol. The summed E-state index contributed by atoms with van der Waals surface area (Å²) in [5.74, 6) is 0. The maximum atomic E-state index is 3.78. The van der Waals surface area contributed by atoms with Gasteiger partial charge in [0.25, 0.3) is 0 Å². The van der Waals surface area contributed by atoms with Crippen molar-refractivity contribution < 1.29 is 0 Å². The van der Waals surface area contributed by atoms with Crippen LogP contribution in [0.25, 0.3) is 0 Å². The molecule has 66 valence electrons. The molecule has 1 heterocycles. The predicted octanol–water partition coefficient (Wildman–Crippen LogP) is 1.54. The molecule has 1 aliphatic heterocycles. The second-order valence-corrected chi connectivity index (χ2v) is 3.00. The highest BCUT2D eigenvalue weighted by Gasteiger charge is 2.01. The van der Waals surface area contributed by atoms with Gasteiger partial charge in [-0.15, -0.1) is 0 Å². The number of hydrogen-bond donors (Lipinski definition) is 2. The first-order valence-electron chi connectivity index (χ1n) is 4.26. The van der Waals surface area contributed by atoms with Gasteiger partial charge in [0.2, 0.25) is 0 Å². The Labute approximate surface area is 74.0 Å². The van der Waals surface area contributed by atoms with E-state index in [2.05, 4.69) is 35.4 Å². The summed E-state index contributed by atoms with van der Waals surface area (Å²) in [6.45, 7) is 6.65. The van der Waals surface area contributed by atoms with E-state index in [0.717, 1.165) is 18.7 Å². The molecular weight excluding hydrogens is 148 g/mol. The Morgan fingerprint density at radius 1 is 1.67 bits per heavy atom. The molecule has 0 saturated heterocycles. The van der Waals surface area contributed by atoms with Crippen LogP contribution in [0.15, 0.2) is 36.7 Å². The van der Waals surface area contributed by atoms with Gasteiger partial charge in [-0.05, 0) is 19.5 Å². The summed E-state index contributed by atoms with van der Waals surface area (Å²) >= 11 is 0. The van der Waals surface area contributed by atoms with Gasteiger partial charge in [-0.1, -0.05) is 24.8 Å². The van der Waals surface area contributed by atoms with Crippen molar-refractivity contribution in [2.45, 2.75) is 19.4 Å². The van der Waals surface area contributed by atoms with Crippen molar-refractivity contribution in [3.63, 3.8) is 0 Å². The molecule has 0 aromatic rings. The number of rotatable bonds is 3. The largest absolute Gasteiger partial charge is 0.387 e. The van der Waals surface area contributed by atoms with Crippen molar-refractivity contribution >= 4 is 0 Å². The molecule has 0 spiro atoms. The van der Waals surface area contributed by atoms with Gasteiger partial charge in [0.15, 0.2) is 0 Å². The van der Waals surface area contributed by atoms with Crippen LogP contribution in [0.2, 0.25) is 0 Å². The van der Waals surface area contributed by atoms with E-state index in [1.165, 1.54) is 0 Å². The summed E-state index contributed by atoms with van der Waals surface area (Å²) in [4.78, 5) is 0. The smallest absolute Gasteiger partial charge is 0.0611 e. The summed E-state index contributed by atoms with van der Waals surface area (Å²) in [5, 5.41) is 6.47. The van der Waals surface area contributed by atoms with Gasteiger partial charge in [0.05, 0.1) is 6.04 Å². The van der Waals surface area contributed by atoms with E-state index in [1.807, 2.05) is 13.1 Å². The Balaban J connectivity index is 2.31. The third-order valence-electron chi connectivity index (χ3n) is 1.69. The molecule has 0 unspecified atom stereocenters. The van der Waals surface area contributed by atoms with E-state index in [1.54, 1.807) is 0 Å². The molecule has 0 fully saturated rings. The van der Waals surface area contributed by atoms with Gasteiger partial charge < -0.3 is 10.6 Å². The SMILES string of the molecule is C=C(C)NC[C@H]1C=CCC=CN1. The molecule has 1 aliphatic rings. The Bertz CT molecular complexity index is 204. The maximum Gasteiger partial charge on any atom is 0.0611 e. The summed E-state index contributed by atoms with van der Waals surface area (Å²) < 4.78 is 0. The fourth-order valence-electron chi connectivity index (χ4n) is 1.05. The van der Waals surface area contributed by atoms with E-state index < -0.39 is 0 Å². The van der Waals surface area contributed by atoms with E-state index in [-0.39, 0.29) is 0 Å². The molecule has 0 saturated carbocycles. The molecule has 0 aliphatic carbocycles. The minimum atomic E-state index is 0.389. The van der Waals surface area contributed by atoms with Crippen LogP contribution in [0.3, 0.4) is 0 Å². The van der Waals surface area contributed by atoms with Crippen LogP contribution in [-0.4, -0.2) is 12.6 Å². The molecule has 0 amide bonds. The lowest BCUT2D eigenvalue weighted by atomic mass is 10.2. The highest BCUT2D eigenvalue weighted by atomic mass is 15.0. The molecule has 1 atom stereocenters. The Morgan fingerprint density at radius 2 is 2.50 bits per heavy atom. The van der Waals surface area contributed by atoms with Crippen molar-refractivity contribution in [2.75, 3.05) is 6.54 Å². The lowest BCUT2D eigenvalue weighted by Crippen LogP contribution is -2.33. The quantitative estimate of drug-likeness (QED) is 0.618. The summed E-state index contributed by atoms with van der Waals surface area (Å²) in [5.41, 5.74) is 1.01. The minimum absolute atomic E-state index is 0.389. The van der Waals surface area contributed by atoms with E-state index >= 15 is 0 Å². The second-order valence-electron chi connectivity index (χ2n) is 3.00. The summed E-state index contributed by atoms with van der Waals surface area (Å²) in [6.07, 6.45) is 9.48. The van der Waals surface area contributed by atoms with Gasteiger partial charge in [-0.2, -0.15) is 0 Å². The van der Waals surface area contributed by atoms with Crippen molar-refractivity contribution in [3.8, 4) is 0 Å². The predicted molar refractivity (Wildman–Crippen MR) is 52.6 cm³/mol. The molecule has 1 rings (SSSR count). The first kappa shape index (κ1) is 8.91. The summed E-state index contributed by atoms with van der Waals surface area (Å²) in [6, 6.07) is 0.389. The van der Waals surface area contributed by atoms with Crippen LogP contribution in [0.5, 0.6) is 0 Å². The number of nitrogens with one attached hydrogen (secondary N) is 2. The van der Waals surface area contributed by atoms with Gasteiger partial charge in [-0.25, -0.2) is 0 Å². The lowest BCUT2D eigenvalue weighted by Gasteiger charge is -2.13. The Kier molecular flexibility index (Phi) is 3.45. The highest BCUT2D eigenvalue weighted by molar-refractivity contribution is 5.05. The van der Waals surface area contributed by atoms with Crippen molar-refractivity contribution in [2.24, 2.45) is 0 Å². The van der Waals surface area contributed by atoms with E-state index in [4.69, 9.17) is 0 Å². The third kappa shape index (κ3) is 3.28. The first-order chi connectivity index (χ1) is 5.79. The van der Waals surface area contributed by atoms with Gasteiger partial charge in [0.1, 0.15) is 0 Å². The Hall–Kier alpha value is -1.18. The van der Waals surface area contributed by atoms with Crippen LogP contribution in [0.4, 0.5) is 0 Å². The van der Waals surface area contributed by atoms with Crippen molar-refractivity contribution in [3.05, 3.63) is 36.7 Å². The normalized spacial score (nSPS) is 21.2. The van der Waals surface area contributed by atoms with Crippen molar-refractivity contribution in [1.29, 1.82) is 0 Å². The molecule has 0 bridgehead atoms. The highest BCUT2D eigenvalue weighted by Crippen LogP contribution is 1.96. The van der Waals surface area contributed by atoms with Crippen LogP contribution in [0.1, 0.15) is 13.3 Å². The van der Waals surface area contributed by atoms with Crippen LogP contribution in [0, 0.1) is 0 Å². The molecular formula is C10H16N2. The molecule has 2 heteroatoms. The first-order valence-corrected chi connectivity index (χ1v) is 4.26. The van der Waals surface area contributed by atoms with Crippen LogP contribution >= 0.6 is 0 Å². The molecule has 2 N–H and O–H groups in total. The third-order valence-corrected chi connectivity index (χ3v) is 1.69. The topological polar surface area (TPSA) is 24.1 Å². The molecule has 0 aromatic heterocycles. The van der Waals surface area contributed by atoms with Gasteiger partial charge in [0, 0.05) is 12.2 Å². The van der Waals surface area contributed by atoms with Gasteiger partial charge >= 0.3 is 0 Å². The minimum Gasteiger partial charge on any atom is -0.387 e. The Morgan fingerprint density at radius 3 is 3.25 bits per heavy atom. The zero-order chi connectivity index (χ0) is 8.81. The average Bonchev–Trinajstić information content (AvgIpc) is 2.28.